The summed E-state index contributed by atoms with van der Waals surface area (Å²) in [4.78, 5) is 19.8. The van der Waals surface area contributed by atoms with E-state index in [0.29, 0.717) is 22.0 Å². The summed E-state index contributed by atoms with van der Waals surface area (Å²) in [6, 6.07) is 11.2. The van der Waals surface area contributed by atoms with Crippen molar-refractivity contribution in [3.05, 3.63) is 58.1 Å². The SMILES string of the molecule is NC(N)=NC(N)=Nc1ccc(NC(=O)c2ccc(Cl)cc2Cl)cc1. The highest BCUT2D eigenvalue weighted by atomic mass is 35.5. The number of carbonyl (C=O) groups excluding carboxylic acids is 1. The van der Waals surface area contributed by atoms with Gasteiger partial charge in [-0.05, 0) is 42.5 Å². The summed E-state index contributed by atoms with van der Waals surface area (Å²) < 4.78 is 0. The third-order valence-electron chi connectivity index (χ3n) is 2.79. The van der Waals surface area contributed by atoms with Crippen LogP contribution < -0.4 is 22.5 Å². The molecule has 2 aromatic carbocycles. The molecule has 0 aliphatic carbocycles. The second kappa shape index (κ2) is 7.67. The summed E-state index contributed by atoms with van der Waals surface area (Å²) >= 11 is 11.8. The van der Waals surface area contributed by atoms with E-state index in [0.717, 1.165) is 0 Å². The molecular formula is C15H14Cl2N6O. The van der Waals surface area contributed by atoms with Crippen molar-refractivity contribution in [3.8, 4) is 0 Å². The first-order valence-electron chi connectivity index (χ1n) is 6.65. The van der Waals surface area contributed by atoms with Gasteiger partial charge in [-0.3, -0.25) is 4.79 Å². The van der Waals surface area contributed by atoms with Crippen LogP contribution >= 0.6 is 23.2 Å². The molecule has 2 rings (SSSR count). The van der Waals surface area contributed by atoms with E-state index in [1.807, 2.05) is 0 Å². The van der Waals surface area contributed by atoms with Gasteiger partial charge in [0.2, 0.25) is 5.96 Å². The van der Waals surface area contributed by atoms with Crippen molar-refractivity contribution in [1.29, 1.82) is 0 Å². The first kappa shape index (κ1) is 17.6. The van der Waals surface area contributed by atoms with Crippen LogP contribution in [-0.2, 0) is 0 Å². The van der Waals surface area contributed by atoms with Gasteiger partial charge in [0.05, 0.1) is 16.3 Å². The Labute approximate surface area is 148 Å². The van der Waals surface area contributed by atoms with Gasteiger partial charge in [-0.1, -0.05) is 23.2 Å². The molecule has 0 radical (unpaired) electrons. The topological polar surface area (TPSA) is 132 Å². The molecule has 0 saturated carbocycles. The average molecular weight is 365 g/mol. The number of nitrogens with two attached hydrogens (primary N) is 3. The van der Waals surface area contributed by atoms with Gasteiger partial charge < -0.3 is 22.5 Å². The fourth-order valence-corrected chi connectivity index (χ4v) is 2.28. The molecule has 0 aliphatic rings. The molecule has 0 bridgehead atoms. The Bertz CT molecular complexity index is 813. The predicted octanol–water partition coefficient (Wildman–Crippen LogP) is 2.47. The molecule has 9 heteroatoms. The summed E-state index contributed by atoms with van der Waals surface area (Å²) in [5, 5.41) is 3.44. The van der Waals surface area contributed by atoms with Crippen molar-refractivity contribution < 1.29 is 4.79 Å². The fourth-order valence-electron chi connectivity index (χ4n) is 1.78. The highest BCUT2D eigenvalue weighted by Gasteiger charge is 2.11. The van der Waals surface area contributed by atoms with Gasteiger partial charge in [-0.15, -0.1) is 0 Å². The van der Waals surface area contributed by atoms with Crippen LogP contribution in [0.15, 0.2) is 52.4 Å². The maximum atomic E-state index is 12.2. The Morgan fingerprint density at radius 2 is 1.67 bits per heavy atom. The van der Waals surface area contributed by atoms with Crippen molar-refractivity contribution in [2.24, 2.45) is 27.2 Å². The van der Waals surface area contributed by atoms with Crippen LogP contribution in [0.3, 0.4) is 0 Å². The highest BCUT2D eigenvalue weighted by Crippen LogP contribution is 2.23. The minimum Gasteiger partial charge on any atom is -0.370 e. The van der Waals surface area contributed by atoms with Crippen molar-refractivity contribution >= 4 is 52.4 Å². The molecule has 0 heterocycles. The number of halogens is 2. The molecule has 0 fully saturated rings. The number of nitrogens with one attached hydrogen (secondary N) is 1. The molecule has 0 unspecified atom stereocenters. The number of rotatable bonds is 3. The van der Waals surface area contributed by atoms with E-state index in [2.05, 4.69) is 15.3 Å². The third kappa shape index (κ3) is 4.87. The minimum absolute atomic E-state index is 0.0697. The molecule has 124 valence electrons. The summed E-state index contributed by atoms with van der Waals surface area (Å²) in [5.41, 5.74) is 17.4. The lowest BCUT2D eigenvalue weighted by atomic mass is 10.2. The average Bonchev–Trinajstić information content (AvgIpc) is 2.48. The van der Waals surface area contributed by atoms with Crippen LogP contribution in [0, 0.1) is 0 Å². The van der Waals surface area contributed by atoms with E-state index in [4.69, 9.17) is 40.4 Å². The third-order valence-corrected chi connectivity index (χ3v) is 3.34. The highest BCUT2D eigenvalue weighted by molar-refractivity contribution is 6.37. The molecule has 24 heavy (non-hydrogen) atoms. The molecule has 0 spiro atoms. The Hall–Kier alpha value is -2.77. The van der Waals surface area contributed by atoms with E-state index in [1.165, 1.54) is 6.07 Å². The van der Waals surface area contributed by atoms with Gasteiger partial charge >= 0.3 is 0 Å². The number of carbonyl (C=O) groups is 1. The first-order valence-corrected chi connectivity index (χ1v) is 7.41. The number of aliphatic imine (C=N–C) groups is 2. The van der Waals surface area contributed by atoms with Crippen molar-refractivity contribution in [3.63, 3.8) is 0 Å². The zero-order valence-corrected chi connectivity index (χ0v) is 13.8. The van der Waals surface area contributed by atoms with Crippen LogP contribution in [0.2, 0.25) is 10.0 Å². The van der Waals surface area contributed by atoms with Gasteiger partial charge in [0.25, 0.3) is 5.91 Å². The van der Waals surface area contributed by atoms with E-state index < -0.39 is 0 Å². The molecule has 7 N–H and O–H groups in total. The molecule has 0 atom stereocenters. The second-order valence-corrected chi connectivity index (χ2v) is 5.48. The molecule has 2 aromatic rings. The van der Waals surface area contributed by atoms with Gasteiger partial charge in [0, 0.05) is 10.7 Å². The van der Waals surface area contributed by atoms with E-state index >= 15 is 0 Å². The van der Waals surface area contributed by atoms with Crippen molar-refractivity contribution in [1.82, 2.24) is 0 Å². The van der Waals surface area contributed by atoms with Crippen molar-refractivity contribution in [2.45, 2.75) is 0 Å². The zero-order valence-electron chi connectivity index (χ0n) is 12.3. The van der Waals surface area contributed by atoms with Crippen LogP contribution in [-0.4, -0.2) is 17.8 Å². The van der Waals surface area contributed by atoms with E-state index in [1.54, 1.807) is 36.4 Å². The molecule has 0 aliphatic heterocycles. The number of benzene rings is 2. The van der Waals surface area contributed by atoms with Gasteiger partial charge in [-0.25, -0.2) is 4.99 Å². The van der Waals surface area contributed by atoms with Crippen LogP contribution in [0.25, 0.3) is 0 Å². The minimum atomic E-state index is -0.354. The number of amides is 1. The summed E-state index contributed by atoms with van der Waals surface area (Å²) in [6.07, 6.45) is 0. The Morgan fingerprint density at radius 3 is 2.25 bits per heavy atom. The lowest BCUT2D eigenvalue weighted by Gasteiger charge is -2.07. The second-order valence-electron chi connectivity index (χ2n) is 4.63. The standard InChI is InChI=1S/C15H14Cl2N6O/c16-8-1-6-11(12(17)7-8)13(24)21-9-2-4-10(5-3-9)22-15(20)23-14(18)19/h1-7H,(H,21,24)(H6,18,19,20,22,23). The smallest absolute Gasteiger partial charge is 0.257 e. The number of hydrogen-bond acceptors (Lipinski definition) is 2. The van der Waals surface area contributed by atoms with Crippen LogP contribution in [0.1, 0.15) is 10.4 Å². The molecule has 7 nitrogen and oxygen atoms in total. The van der Waals surface area contributed by atoms with Gasteiger partial charge in [0.1, 0.15) is 0 Å². The lowest BCUT2D eigenvalue weighted by Crippen LogP contribution is -2.26. The lowest BCUT2D eigenvalue weighted by molar-refractivity contribution is 0.102. The Kier molecular flexibility index (Phi) is 5.62. The molecule has 0 saturated heterocycles. The van der Waals surface area contributed by atoms with Crippen LogP contribution in [0.5, 0.6) is 0 Å². The molecular weight excluding hydrogens is 351 g/mol. The normalized spacial score (nSPS) is 11.0. The zero-order chi connectivity index (χ0) is 17.7. The quantitative estimate of drug-likeness (QED) is 0.491. The number of anilines is 1. The van der Waals surface area contributed by atoms with Gasteiger partial charge in [-0.2, -0.15) is 4.99 Å². The first-order chi connectivity index (χ1) is 11.3. The monoisotopic (exact) mass is 364 g/mol. The maximum absolute atomic E-state index is 12.2. The Morgan fingerprint density at radius 1 is 1.00 bits per heavy atom. The van der Waals surface area contributed by atoms with Gasteiger partial charge in [0.15, 0.2) is 5.96 Å². The summed E-state index contributed by atoms with van der Waals surface area (Å²) in [7, 11) is 0. The number of hydrogen-bond donors (Lipinski definition) is 4. The largest absolute Gasteiger partial charge is 0.370 e. The molecule has 1 amide bonds. The van der Waals surface area contributed by atoms with Crippen LogP contribution in [0.4, 0.5) is 11.4 Å². The predicted molar refractivity (Wildman–Crippen MR) is 97.9 cm³/mol. The van der Waals surface area contributed by atoms with E-state index in [9.17, 15) is 4.79 Å². The summed E-state index contributed by atoms with van der Waals surface area (Å²) in [6.45, 7) is 0. The Balaban J connectivity index is 2.11. The molecule has 0 aromatic heterocycles. The van der Waals surface area contributed by atoms with E-state index in [-0.39, 0.29) is 22.8 Å². The number of guanidine groups is 2. The van der Waals surface area contributed by atoms with Crippen molar-refractivity contribution in [2.75, 3.05) is 5.32 Å². The maximum Gasteiger partial charge on any atom is 0.257 e. The summed E-state index contributed by atoms with van der Waals surface area (Å²) in [5.74, 6) is -0.604. The fraction of sp³-hybridized carbons (Fsp3) is 0. The number of nitrogens with zero attached hydrogens (tertiary/aromatic N) is 2.